The number of aromatic nitrogens is 2. The minimum atomic E-state index is -0.787. The predicted octanol–water partition coefficient (Wildman–Crippen LogP) is 3.17. The zero-order valence-corrected chi connectivity index (χ0v) is 15.0. The third kappa shape index (κ3) is 3.58. The number of rotatable bonds is 4. The molecule has 0 radical (unpaired) electrons. The molecule has 0 atom stereocenters. The van der Waals surface area contributed by atoms with Crippen molar-refractivity contribution >= 4 is 46.1 Å². The van der Waals surface area contributed by atoms with Gasteiger partial charge in [0.25, 0.3) is 11.6 Å². The molecule has 0 unspecified atom stereocenters. The molecular formula is C17H13ClN4O5. The molecule has 27 heavy (non-hydrogen) atoms. The average Bonchev–Trinajstić information content (AvgIpc) is 2.95. The van der Waals surface area contributed by atoms with Crippen molar-refractivity contribution < 1.29 is 19.2 Å². The minimum Gasteiger partial charge on any atom is -0.465 e. The number of esters is 1. The van der Waals surface area contributed by atoms with Crippen LogP contribution in [0.4, 0.5) is 11.6 Å². The summed E-state index contributed by atoms with van der Waals surface area (Å²) in [5.74, 6) is -1.22. The lowest BCUT2D eigenvalue weighted by Gasteiger charge is -2.07. The van der Waals surface area contributed by atoms with E-state index in [0.29, 0.717) is 10.5 Å². The monoisotopic (exact) mass is 388 g/mol. The van der Waals surface area contributed by atoms with Crippen molar-refractivity contribution in [2.45, 2.75) is 0 Å². The van der Waals surface area contributed by atoms with Crippen molar-refractivity contribution in [3.8, 4) is 0 Å². The SMILES string of the molecule is COC(=O)c1cc(C(=O)Nc2nc3cc(Cl)ccc3n2C)cc([N+](=O)[O-])c1. The number of non-ortho nitro benzene ring substituents is 1. The summed E-state index contributed by atoms with van der Waals surface area (Å²) in [5, 5.41) is 14.2. The van der Waals surface area contributed by atoms with Crippen LogP contribution in [0.25, 0.3) is 11.0 Å². The number of ether oxygens (including phenoxy) is 1. The van der Waals surface area contributed by atoms with Gasteiger partial charge < -0.3 is 9.30 Å². The van der Waals surface area contributed by atoms with E-state index < -0.39 is 22.5 Å². The van der Waals surface area contributed by atoms with Gasteiger partial charge in [0.05, 0.1) is 28.6 Å². The van der Waals surface area contributed by atoms with E-state index in [2.05, 4.69) is 15.0 Å². The number of nitro benzene ring substituents is 1. The largest absolute Gasteiger partial charge is 0.465 e. The molecule has 1 N–H and O–H groups in total. The van der Waals surface area contributed by atoms with Crippen LogP contribution in [-0.2, 0) is 11.8 Å². The highest BCUT2D eigenvalue weighted by atomic mass is 35.5. The predicted molar refractivity (Wildman–Crippen MR) is 98.1 cm³/mol. The van der Waals surface area contributed by atoms with E-state index in [-0.39, 0.29) is 17.1 Å². The van der Waals surface area contributed by atoms with Crippen LogP contribution in [0, 0.1) is 10.1 Å². The highest BCUT2D eigenvalue weighted by Gasteiger charge is 2.20. The molecule has 138 valence electrons. The third-order valence-electron chi connectivity index (χ3n) is 3.88. The summed E-state index contributed by atoms with van der Waals surface area (Å²) in [7, 11) is 2.84. The van der Waals surface area contributed by atoms with Crippen LogP contribution in [0.5, 0.6) is 0 Å². The molecule has 0 aliphatic heterocycles. The number of fused-ring (bicyclic) bond motifs is 1. The zero-order valence-electron chi connectivity index (χ0n) is 14.2. The Morgan fingerprint density at radius 1 is 1.22 bits per heavy atom. The topological polar surface area (TPSA) is 116 Å². The minimum absolute atomic E-state index is 0.0744. The lowest BCUT2D eigenvalue weighted by Crippen LogP contribution is -2.16. The second-order valence-corrected chi connectivity index (χ2v) is 6.04. The molecule has 3 rings (SSSR count). The normalized spacial score (nSPS) is 10.6. The summed E-state index contributed by atoms with van der Waals surface area (Å²) in [6.45, 7) is 0. The molecule has 0 fully saturated rings. The van der Waals surface area contributed by atoms with Crippen LogP contribution < -0.4 is 5.32 Å². The van der Waals surface area contributed by atoms with Gasteiger partial charge in [-0.1, -0.05) is 11.6 Å². The lowest BCUT2D eigenvalue weighted by atomic mass is 10.1. The molecule has 0 aliphatic carbocycles. The fourth-order valence-corrected chi connectivity index (χ4v) is 2.71. The van der Waals surface area contributed by atoms with Crippen molar-refractivity contribution in [3.05, 3.63) is 62.7 Å². The van der Waals surface area contributed by atoms with E-state index in [1.807, 2.05) is 0 Å². The van der Waals surface area contributed by atoms with Gasteiger partial charge in [-0.05, 0) is 24.3 Å². The fourth-order valence-electron chi connectivity index (χ4n) is 2.54. The summed E-state index contributed by atoms with van der Waals surface area (Å²) in [5.41, 5.74) is 0.738. The number of nitro groups is 1. The van der Waals surface area contributed by atoms with Gasteiger partial charge in [0.2, 0.25) is 5.95 Å². The van der Waals surface area contributed by atoms with Gasteiger partial charge in [0.1, 0.15) is 0 Å². The second-order valence-electron chi connectivity index (χ2n) is 5.60. The number of aryl methyl sites for hydroxylation is 1. The van der Waals surface area contributed by atoms with Crippen LogP contribution in [0.3, 0.4) is 0 Å². The number of nitrogens with one attached hydrogen (secondary N) is 1. The molecule has 1 amide bonds. The first-order chi connectivity index (χ1) is 12.8. The summed E-state index contributed by atoms with van der Waals surface area (Å²) >= 11 is 5.95. The maximum absolute atomic E-state index is 12.6. The molecule has 10 heteroatoms. The highest BCUT2D eigenvalue weighted by molar-refractivity contribution is 6.31. The van der Waals surface area contributed by atoms with Crippen LogP contribution in [0.15, 0.2) is 36.4 Å². The van der Waals surface area contributed by atoms with E-state index in [1.165, 1.54) is 6.07 Å². The van der Waals surface area contributed by atoms with Crippen molar-refractivity contribution in [3.63, 3.8) is 0 Å². The third-order valence-corrected chi connectivity index (χ3v) is 4.12. The highest BCUT2D eigenvalue weighted by Crippen LogP contribution is 2.23. The van der Waals surface area contributed by atoms with Gasteiger partial charge in [-0.2, -0.15) is 0 Å². The molecule has 1 heterocycles. The number of nitrogens with zero attached hydrogens (tertiary/aromatic N) is 3. The summed E-state index contributed by atoms with van der Waals surface area (Å²) < 4.78 is 6.21. The van der Waals surface area contributed by atoms with Crippen molar-refractivity contribution in [2.75, 3.05) is 12.4 Å². The van der Waals surface area contributed by atoms with E-state index >= 15 is 0 Å². The zero-order chi connectivity index (χ0) is 19.7. The van der Waals surface area contributed by atoms with Crippen LogP contribution in [0.2, 0.25) is 5.02 Å². The number of halogens is 1. The van der Waals surface area contributed by atoms with Gasteiger partial charge in [-0.3, -0.25) is 20.2 Å². The Labute approximate surface area is 157 Å². The average molecular weight is 389 g/mol. The van der Waals surface area contributed by atoms with E-state index in [4.69, 9.17) is 11.6 Å². The number of amides is 1. The Morgan fingerprint density at radius 2 is 1.93 bits per heavy atom. The molecule has 0 spiro atoms. The van der Waals surface area contributed by atoms with Crippen LogP contribution in [0.1, 0.15) is 20.7 Å². The van der Waals surface area contributed by atoms with Gasteiger partial charge >= 0.3 is 5.97 Å². The number of benzene rings is 2. The van der Waals surface area contributed by atoms with Gasteiger partial charge in [0.15, 0.2) is 0 Å². The van der Waals surface area contributed by atoms with Crippen LogP contribution in [-0.4, -0.2) is 33.5 Å². The van der Waals surface area contributed by atoms with E-state index in [9.17, 15) is 19.7 Å². The standard InChI is InChI=1S/C17H13ClN4O5/c1-21-14-4-3-11(18)8-13(14)19-17(21)20-15(23)9-5-10(16(24)27-2)7-12(6-9)22(25)26/h3-8H,1-2H3,(H,19,20,23). The molecule has 2 aromatic carbocycles. The first-order valence-electron chi connectivity index (χ1n) is 7.61. The summed E-state index contributed by atoms with van der Waals surface area (Å²) in [4.78, 5) is 39.0. The number of hydrogen-bond donors (Lipinski definition) is 1. The molecule has 0 saturated heterocycles. The number of hydrogen-bond acceptors (Lipinski definition) is 6. The Morgan fingerprint density at radius 3 is 2.59 bits per heavy atom. The number of carbonyl (C=O) groups excluding carboxylic acids is 2. The maximum atomic E-state index is 12.6. The molecule has 9 nitrogen and oxygen atoms in total. The number of anilines is 1. The van der Waals surface area contributed by atoms with Crippen molar-refractivity contribution in [1.82, 2.24) is 9.55 Å². The first-order valence-corrected chi connectivity index (χ1v) is 7.99. The van der Waals surface area contributed by atoms with Gasteiger partial charge in [-0.25, -0.2) is 9.78 Å². The molecule has 0 aliphatic rings. The van der Waals surface area contributed by atoms with Crippen molar-refractivity contribution in [2.24, 2.45) is 7.05 Å². The second kappa shape index (κ2) is 7.04. The quantitative estimate of drug-likeness (QED) is 0.417. The number of imidazole rings is 1. The molecule has 3 aromatic rings. The van der Waals surface area contributed by atoms with Gasteiger partial charge in [0, 0.05) is 29.8 Å². The number of carbonyl (C=O) groups is 2. The fraction of sp³-hybridized carbons (Fsp3) is 0.118. The van der Waals surface area contributed by atoms with Crippen molar-refractivity contribution in [1.29, 1.82) is 0 Å². The van der Waals surface area contributed by atoms with E-state index in [1.54, 1.807) is 29.8 Å². The Hall–Kier alpha value is -3.46. The maximum Gasteiger partial charge on any atom is 0.338 e. The first kappa shape index (κ1) is 18.3. The molecule has 1 aromatic heterocycles. The number of methoxy groups -OCH3 is 1. The Bertz CT molecular complexity index is 1090. The molecule has 0 saturated carbocycles. The van der Waals surface area contributed by atoms with Gasteiger partial charge in [-0.15, -0.1) is 0 Å². The summed E-state index contributed by atoms with van der Waals surface area (Å²) in [6.07, 6.45) is 0. The Balaban J connectivity index is 1.98. The van der Waals surface area contributed by atoms with Crippen LogP contribution >= 0.6 is 11.6 Å². The summed E-state index contributed by atoms with van der Waals surface area (Å²) in [6, 6.07) is 8.42. The molecular weight excluding hydrogens is 376 g/mol. The Kier molecular flexibility index (Phi) is 4.78. The smallest absolute Gasteiger partial charge is 0.338 e. The molecule has 0 bridgehead atoms. The van der Waals surface area contributed by atoms with E-state index in [0.717, 1.165) is 24.8 Å². The lowest BCUT2D eigenvalue weighted by molar-refractivity contribution is -0.384.